The highest BCUT2D eigenvalue weighted by Crippen LogP contribution is 2.43. The van der Waals surface area contributed by atoms with Crippen LogP contribution in [-0.2, 0) is 0 Å². The normalized spacial score (nSPS) is 41.8. The Balaban J connectivity index is 1.45. The zero-order valence-corrected chi connectivity index (χ0v) is 9.61. The van der Waals surface area contributed by atoms with E-state index in [9.17, 15) is 4.79 Å². The van der Waals surface area contributed by atoms with E-state index >= 15 is 0 Å². The molecule has 4 N–H and O–H groups in total. The molecule has 16 heavy (non-hydrogen) atoms. The summed E-state index contributed by atoms with van der Waals surface area (Å²) in [6.45, 7) is 0. The van der Waals surface area contributed by atoms with Gasteiger partial charge in [0, 0.05) is 18.1 Å². The number of carbonyl (C=O) groups is 1. The van der Waals surface area contributed by atoms with Gasteiger partial charge in [-0.15, -0.1) is 0 Å². The predicted octanol–water partition coefficient (Wildman–Crippen LogP) is 0.964. The molecule has 2 unspecified atom stereocenters. The van der Waals surface area contributed by atoms with Crippen LogP contribution in [0.15, 0.2) is 0 Å². The van der Waals surface area contributed by atoms with Gasteiger partial charge in [0.15, 0.2) is 0 Å². The minimum Gasteiger partial charge on any atom is -0.335 e. The molecule has 90 valence electrons. The van der Waals surface area contributed by atoms with Gasteiger partial charge in [0.05, 0.1) is 0 Å². The van der Waals surface area contributed by atoms with Gasteiger partial charge in [0.2, 0.25) is 0 Å². The van der Waals surface area contributed by atoms with Crippen LogP contribution in [0.5, 0.6) is 0 Å². The summed E-state index contributed by atoms with van der Waals surface area (Å²) < 4.78 is 0. The molecule has 3 fully saturated rings. The van der Waals surface area contributed by atoms with E-state index in [0.29, 0.717) is 18.1 Å². The lowest BCUT2D eigenvalue weighted by atomic mass is 10.0. The van der Waals surface area contributed by atoms with E-state index in [4.69, 9.17) is 5.73 Å². The Morgan fingerprint density at radius 2 is 1.50 bits per heavy atom. The second-order valence-electron chi connectivity index (χ2n) is 5.81. The molecule has 0 aliphatic heterocycles. The molecule has 3 aliphatic carbocycles. The Morgan fingerprint density at radius 1 is 0.938 bits per heavy atom. The van der Waals surface area contributed by atoms with Crippen LogP contribution in [0.2, 0.25) is 0 Å². The van der Waals surface area contributed by atoms with Gasteiger partial charge in [-0.3, -0.25) is 0 Å². The Hall–Kier alpha value is -0.770. The van der Waals surface area contributed by atoms with Crippen LogP contribution in [0, 0.1) is 11.8 Å². The third kappa shape index (κ3) is 2.17. The highest BCUT2D eigenvalue weighted by atomic mass is 16.2. The highest BCUT2D eigenvalue weighted by molar-refractivity contribution is 5.74. The second-order valence-corrected chi connectivity index (χ2v) is 5.81. The van der Waals surface area contributed by atoms with E-state index in [1.807, 2.05) is 0 Å². The number of nitrogens with one attached hydrogen (secondary N) is 2. The summed E-state index contributed by atoms with van der Waals surface area (Å²) >= 11 is 0. The minimum atomic E-state index is 0.0387. The van der Waals surface area contributed by atoms with Gasteiger partial charge in [0.25, 0.3) is 0 Å². The number of nitrogens with two attached hydrogens (primary N) is 1. The third-order valence-electron chi connectivity index (χ3n) is 4.30. The van der Waals surface area contributed by atoms with E-state index < -0.39 is 0 Å². The van der Waals surface area contributed by atoms with Gasteiger partial charge in [0.1, 0.15) is 0 Å². The zero-order valence-electron chi connectivity index (χ0n) is 9.61. The van der Waals surface area contributed by atoms with Gasteiger partial charge in [-0.1, -0.05) is 0 Å². The number of amides is 2. The molecule has 0 aromatic carbocycles. The first-order valence-electron chi connectivity index (χ1n) is 6.53. The topological polar surface area (TPSA) is 67.1 Å². The monoisotopic (exact) mass is 223 g/mol. The number of rotatable bonds is 2. The molecule has 3 rings (SSSR count). The Labute approximate surface area is 96.3 Å². The fraction of sp³-hybridized carbons (Fsp3) is 0.917. The van der Waals surface area contributed by atoms with E-state index in [2.05, 4.69) is 10.6 Å². The number of urea groups is 1. The molecule has 0 spiro atoms. The molecule has 0 heterocycles. The second kappa shape index (κ2) is 3.91. The third-order valence-corrected chi connectivity index (χ3v) is 4.30. The van der Waals surface area contributed by atoms with E-state index in [1.165, 1.54) is 0 Å². The van der Waals surface area contributed by atoms with Crippen molar-refractivity contribution < 1.29 is 4.79 Å². The smallest absolute Gasteiger partial charge is 0.315 e. The Bertz CT molecular complexity index is 276. The van der Waals surface area contributed by atoms with E-state index in [-0.39, 0.29) is 6.03 Å². The quantitative estimate of drug-likeness (QED) is 0.653. The van der Waals surface area contributed by atoms with Crippen LogP contribution in [0.1, 0.15) is 38.5 Å². The average molecular weight is 223 g/mol. The summed E-state index contributed by atoms with van der Waals surface area (Å²) in [5.41, 5.74) is 5.95. The van der Waals surface area contributed by atoms with Gasteiger partial charge in [-0.05, 0) is 50.4 Å². The molecular weight excluding hydrogens is 202 g/mol. The van der Waals surface area contributed by atoms with Gasteiger partial charge >= 0.3 is 6.03 Å². The number of carbonyl (C=O) groups excluding carboxylic acids is 1. The first-order chi connectivity index (χ1) is 7.70. The molecule has 3 saturated carbocycles. The first kappa shape index (κ1) is 10.4. The maximum Gasteiger partial charge on any atom is 0.315 e. The molecule has 2 atom stereocenters. The lowest BCUT2D eigenvalue weighted by Gasteiger charge is -2.15. The molecule has 0 saturated heterocycles. The number of fused-ring (bicyclic) bond motifs is 1. The lowest BCUT2D eigenvalue weighted by Crippen LogP contribution is -2.42. The summed E-state index contributed by atoms with van der Waals surface area (Å²) in [5, 5.41) is 6.08. The van der Waals surface area contributed by atoms with Crippen molar-refractivity contribution in [3.8, 4) is 0 Å². The molecule has 0 radical (unpaired) electrons. The fourth-order valence-electron chi connectivity index (χ4n) is 3.42. The highest BCUT2D eigenvalue weighted by Gasteiger charge is 2.41. The molecule has 0 aromatic rings. The summed E-state index contributed by atoms with van der Waals surface area (Å²) in [6.07, 6.45) is 6.89. The zero-order chi connectivity index (χ0) is 11.1. The van der Waals surface area contributed by atoms with Gasteiger partial charge in [-0.25, -0.2) is 4.79 Å². The molecule has 0 aromatic heterocycles. The van der Waals surface area contributed by atoms with Crippen LogP contribution >= 0.6 is 0 Å². The van der Waals surface area contributed by atoms with Crippen LogP contribution in [0.25, 0.3) is 0 Å². The van der Waals surface area contributed by atoms with Crippen molar-refractivity contribution in [3.05, 3.63) is 0 Å². The molecule has 2 amide bonds. The molecule has 3 aliphatic rings. The fourth-order valence-corrected chi connectivity index (χ4v) is 3.42. The summed E-state index contributed by atoms with van der Waals surface area (Å²) in [6, 6.07) is 1.29. The van der Waals surface area contributed by atoms with Crippen molar-refractivity contribution in [2.45, 2.75) is 56.7 Å². The lowest BCUT2D eigenvalue weighted by molar-refractivity contribution is 0.236. The van der Waals surface area contributed by atoms with Crippen molar-refractivity contribution in [1.82, 2.24) is 10.6 Å². The number of hydrogen-bond acceptors (Lipinski definition) is 2. The van der Waals surface area contributed by atoms with Crippen LogP contribution in [-0.4, -0.2) is 24.2 Å². The van der Waals surface area contributed by atoms with Crippen molar-refractivity contribution in [2.75, 3.05) is 0 Å². The Kier molecular flexibility index (Phi) is 2.54. The first-order valence-corrected chi connectivity index (χ1v) is 6.53. The van der Waals surface area contributed by atoms with Crippen molar-refractivity contribution >= 4 is 6.03 Å². The maximum absolute atomic E-state index is 11.6. The van der Waals surface area contributed by atoms with Crippen molar-refractivity contribution in [3.63, 3.8) is 0 Å². The van der Waals surface area contributed by atoms with Crippen LogP contribution in [0.4, 0.5) is 4.79 Å². The molecule has 4 heteroatoms. The molecule has 0 bridgehead atoms. The summed E-state index contributed by atoms with van der Waals surface area (Å²) in [4.78, 5) is 11.6. The van der Waals surface area contributed by atoms with Crippen LogP contribution in [0.3, 0.4) is 0 Å². The molecular formula is C12H21N3O. The minimum absolute atomic E-state index is 0.0387. The maximum atomic E-state index is 11.6. The predicted molar refractivity (Wildman–Crippen MR) is 61.9 cm³/mol. The van der Waals surface area contributed by atoms with E-state index in [0.717, 1.165) is 50.4 Å². The number of hydrogen-bond donors (Lipinski definition) is 3. The van der Waals surface area contributed by atoms with Crippen molar-refractivity contribution in [2.24, 2.45) is 17.6 Å². The largest absolute Gasteiger partial charge is 0.335 e. The summed E-state index contributed by atoms with van der Waals surface area (Å²) in [5.74, 6) is 1.53. The molecule has 4 nitrogen and oxygen atoms in total. The van der Waals surface area contributed by atoms with Crippen LogP contribution < -0.4 is 16.4 Å². The SMILES string of the molecule is NC1CC2CC(NC(=O)NC3CC3)CC2C1. The standard InChI is InChI=1S/C12H21N3O/c13-9-3-7-5-11(6-8(7)4-9)15-12(16)14-10-1-2-10/h7-11H,1-6,13H2,(H2,14,15,16). The van der Waals surface area contributed by atoms with E-state index in [1.54, 1.807) is 0 Å². The van der Waals surface area contributed by atoms with Gasteiger partial charge < -0.3 is 16.4 Å². The average Bonchev–Trinajstić information content (AvgIpc) is 2.81. The van der Waals surface area contributed by atoms with Crippen molar-refractivity contribution in [1.29, 1.82) is 0 Å². The summed E-state index contributed by atoms with van der Waals surface area (Å²) in [7, 11) is 0. The van der Waals surface area contributed by atoms with Gasteiger partial charge in [-0.2, -0.15) is 0 Å². The Morgan fingerprint density at radius 3 is 2.06 bits per heavy atom.